The summed E-state index contributed by atoms with van der Waals surface area (Å²) in [5, 5.41) is 4.73. The summed E-state index contributed by atoms with van der Waals surface area (Å²) in [6, 6.07) is 7.53. The van der Waals surface area contributed by atoms with Crippen LogP contribution in [-0.4, -0.2) is 50.4 Å². The van der Waals surface area contributed by atoms with E-state index in [9.17, 15) is 9.59 Å². The first kappa shape index (κ1) is 16.6. The lowest BCUT2D eigenvalue weighted by Crippen LogP contribution is -2.37. The molecule has 4 aromatic rings. The van der Waals surface area contributed by atoms with Gasteiger partial charge in [0.15, 0.2) is 5.69 Å². The number of H-pyrrole nitrogens is 2. The number of aromatic amines is 2. The molecule has 1 saturated heterocycles. The Balaban J connectivity index is 1.54. The number of amides is 1. The van der Waals surface area contributed by atoms with Crippen molar-refractivity contribution in [2.24, 2.45) is 0 Å². The highest BCUT2D eigenvalue weighted by atomic mass is 32.2. The minimum absolute atomic E-state index is 0.0593. The largest absolute Gasteiger partial charge is 0.353 e. The molecule has 4 heterocycles. The summed E-state index contributed by atoms with van der Waals surface area (Å²) in [4.78, 5) is 37.6. The first-order valence-electron chi connectivity index (χ1n) is 8.65. The van der Waals surface area contributed by atoms with E-state index in [-0.39, 0.29) is 11.5 Å². The van der Waals surface area contributed by atoms with Crippen LogP contribution in [0.25, 0.3) is 33.3 Å². The molecule has 3 aromatic heterocycles. The molecule has 1 aliphatic rings. The number of rotatable bonds is 2. The normalized spacial score (nSPS) is 14.9. The van der Waals surface area contributed by atoms with Crippen LogP contribution in [-0.2, 0) is 0 Å². The van der Waals surface area contributed by atoms with Gasteiger partial charge in [-0.25, -0.2) is 4.98 Å². The van der Waals surface area contributed by atoms with Crippen molar-refractivity contribution in [2.45, 2.75) is 0 Å². The minimum atomic E-state index is -0.227. The van der Waals surface area contributed by atoms with Gasteiger partial charge in [0.25, 0.3) is 11.5 Å². The lowest BCUT2D eigenvalue weighted by molar-refractivity contribution is 0.0772. The van der Waals surface area contributed by atoms with Crippen LogP contribution in [0.4, 0.5) is 0 Å². The topological polar surface area (TPSA) is 81.8 Å². The van der Waals surface area contributed by atoms with Gasteiger partial charge in [-0.1, -0.05) is 6.07 Å². The van der Waals surface area contributed by atoms with Crippen molar-refractivity contribution in [3.05, 3.63) is 50.9 Å². The smallest absolute Gasteiger partial charge is 0.276 e. The third-order valence-corrected chi connectivity index (χ3v) is 6.43. The van der Waals surface area contributed by atoms with Crippen molar-refractivity contribution in [1.82, 2.24) is 19.9 Å². The number of benzene rings is 1. The van der Waals surface area contributed by atoms with E-state index >= 15 is 0 Å². The standard InChI is InChI=1S/C19H16N4O2S2/c24-18-17(21-15-9-27-10-16(15)22-18)14-7-11-1-2-12(8-13(11)20-14)19(25)23-3-5-26-6-4-23/h1-2,7-10,20H,3-6H2,(H,22,24). The van der Waals surface area contributed by atoms with Gasteiger partial charge in [-0.2, -0.15) is 11.8 Å². The van der Waals surface area contributed by atoms with E-state index in [0.717, 1.165) is 46.5 Å². The SMILES string of the molecule is O=C(c1ccc2cc(-c3nc4cscc4[nH]c3=O)[nH]c2c1)N1CCSCC1. The second kappa shape index (κ2) is 6.54. The van der Waals surface area contributed by atoms with E-state index in [4.69, 9.17) is 0 Å². The van der Waals surface area contributed by atoms with E-state index < -0.39 is 0 Å². The predicted octanol–water partition coefficient (Wildman–Crippen LogP) is 3.32. The Morgan fingerprint density at radius 3 is 2.78 bits per heavy atom. The molecule has 1 aromatic carbocycles. The van der Waals surface area contributed by atoms with Crippen LogP contribution >= 0.6 is 23.1 Å². The summed E-state index contributed by atoms with van der Waals surface area (Å²) in [6.45, 7) is 1.58. The first-order chi connectivity index (χ1) is 13.2. The minimum Gasteiger partial charge on any atom is -0.353 e. The van der Waals surface area contributed by atoms with E-state index in [2.05, 4.69) is 15.0 Å². The molecule has 0 bridgehead atoms. The highest BCUT2D eigenvalue weighted by Gasteiger charge is 2.19. The van der Waals surface area contributed by atoms with Crippen LogP contribution in [0.5, 0.6) is 0 Å². The van der Waals surface area contributed by atoms with Gasteiger partial charge in [-0.15, -0.1) is 11.3 Å². The van der Waals surface area contributed by atoms with Gasteiger partial charge in [0, 0.05) is 51.8 Å². The summed E-state index contributed by atoms with van der Waals surface area (Å²) in [7, 11) is 0. The molecule has 27 heavy (non-hydrogen) atoms. The zero-order valence-corrected chi connectivity index (χ0v) is 16.0. The Kier molecular flexibility index (Phi) is 4.02. The monoisotopic (exact) mass is 396 g/mol. The van der Waals surface area contributed by atoms with Crippen LogP contribution in [0.1, 0.15) is 10.4 Å². The molecule has 0 saturated carbocycles. The average molecular weight is 396 g/mol. The number of nitrogens with zero attached hydrogens (tertiary/aromatic N) is 2. The van der Waals surface area contributed by atoms with E-state index in [1.165, 1.54) is 11.3 Å². The quantitative estimate of drug-likeness (QED) is 0.545. The Morgan fingerprint density at radius 2 is 1.93 bits per heavy atom. The third-order valence-electron chi connectivity index (χ3n) is 4.76. The molecule has 0 radical (unpaired) electrons. The molecule has 0 unspecified atom stereocenters. The van der Waals surface area contributed by atoms with Crippen LogP contribution in [0, 0.1) is 0 Å². The average Bonchev–Trinajstić information content (AvgIpc) is 3.32. The third kappa shape index (κ3) is 2.94. The fourth-order valence-corrected chi connectivity index (χ4v) is 4.94. The van der Waals surface area contributed by atoms with Crippen molar-refractivity contribution in [3.63, 3.8) is 0 Å². The highest BCUT2D eigenvalue weighted by Crippen LogP contribution is 2.24. The van der Waals surface area contributed by atoms with Crippen molar-refractivity contribution in [2.75, 3.05) is 24.6 Å². The molecule has 2 N–H and O–H groups in total. The fourth-order valence-electron chi connectivity index (χ4n) is 3.34. The zero-order valence-electron chi connectivity index (χ0n) is 14.3. The molecule has 0 aliphatic carbocycles. The number of hydrogen-bond acceptors (Lipinski definition) is 5. The Bertz CT molecular complexity index is 1220. The molecular weight excluding hydrogens is 380 g/mol. The van der Waals surface area contributed by atoms with Gasteiger partial charge in [0.2, 0.25) is 0 Å². The number of thioether (sulfide) groups is 1. The number of nitrogens with one attached hydrogen (secondary N) is 2. The molecule has 0 atom stereocenters. The van der Waals surface area contributed by atoms with Crippen molar-refractivity contribution in [3.8, 4) is 11.4 Å². The number of thiophene rings is 1. The van der Waals surface area contributed by atoms with Gasteiger partial charge in [-0.3, -0.25) is 9.59 Å². The van der Waals surface area contributed by atoms with Gasteiger partial charge in [0.05, 0.1) is 16.7 Å². The number of fused-ring (bicyclic) bond motifs is 2. The van der Waals surface area contributed by atoms with E-state index in [1.54, 1.807) is 0 Å². The predicted molar refractivity (Wildman–Crippen MR) is 111 cm³/mol. The molecule has 8 heteroatoms. The molecular formula is C19H16N4O2S2. The molecule has 1 amide bonds. The van der Waals surface area contributed by atoms with Crippen molar-refractivity contribution < 1.29 is 4.79 Å². The van der Waals surface area contributed by atoms with Crippen LogP contribution in [0.15, 0.2) is 39.8 Å². The lowest BCUT2D eigenvalue weighted by Gasteiger charge is -2.26. The Labute approximate surface area is 162 Å². The maximum atomic E-state index is 12.7. The second-order valence-corrected chi connectivity index (χ2v) is 8.44. The fraction of sp³-hybridized carbons (Fsp3) is 0.211. The molecule has 0 spiro atoms. The van der Waals surface area contributed by atoms with Crippen LogP contribution in [0.3, 0.4) is 0 Å². The van der Waals surface area contributed by atoms with Crippen molar-refractivity contribution in [1.29, 1.82) is 0 Å². The van der Waals surface area contributed by atoms with E-state index in [0.29, 0.717) is 17.0 Å². The van der Waals surface area contributed by atoms with E-state index in [1.807, 2.05) is 51.7 Å². The summed E-state index contributed by atoms with van der Waals surface area (Å²) >= 11 is 3.38. The summed E-state index contributed by atoms with van der Waals surface area (Å²) in [6.07, 6.45) is 0. The molecule has 6 nitrogen and oxygen atoms in total. The highest BCUT2D eigenvalue weighted by molar-refractivity contribution is 7.99. The first-order valence-corrected chi connectivity index (χ1v) is 10.8. The van der Waals surface area contributed by atoms with Crippen LogP contribution in [0.2, 0.25) is 0 Å². The summed E-state index contributed by atoms with van der Waals surface area (Å²) in [5.41, 5.74) is 3.79. The number of aromatic nitrogens is 3. The number of carbonyl (C=O) groups excluding carboxylic acids is 1. The van der Waals surface area contributed by atoms with Crippen LogP contribution < -0.4 is 5.56 Å². The summed E-state index contributed by atoms with van der Waals surface area (Å²) in [5.74, 6) is 2.03. The number of carbonyl (C=O) groups is 1. The lowest BCUT2D eigenvalue weighted by atomic mass is 10.1. The van der Waals surface area contributed by atoms with Crippen molar-refractivity contribution >= 4 is 50.9 Å². The molecule has 136 valence electrons. The maximum absolute atomic E-state index is 12.7. The van der Waals surface area contributed by atoms with Gasteiger partial charge < -0.3 is 14.9 Å². The molecule has 1 fully saturated rings. The van der Waals surface area contributed by atoms with Gasteiger partial charge >= 0.3 is 0 Å². The maximum Gasteiger partial charge on any atom is 0.276 e. The second-order valence-electron chi connectivity index (χ2n) is 6.47. The Hall–Kier alpha value is -2.58. The summed E-state index contributed by atoms with van der Waals surface area (Å²) < 4.78 is 0. The molecule has 1 aliphatic heterocycles. The number of hydrogen-bond donors (Lipinski definition) is 2. The Morgan fingerprint density at radius 1 is 1.07 bits per heavy atom. The molecule has 5 rings (SSSR count). The van der Waals surface area contributed by atoms with Gasteiger partial charge in [-0.05, 0) is 18.2 Å². The zero-order chi connectivity index (χ0) is 18.4. The van der Waals surface area contributed by atoms with Gasteiger partial charge in [0.1, 0.15) is 0 Å².